The van der Waals surface area contributed by atoms with E-state index in [2.05, 4.69) is 29.3 Å². The Balaban J connectivity index is 1.17. The summed E-state index contributed by atoms with van der Waals surface area (Å²) in [5.41, 5.74) is 4.01. The van der Waals surface area contributed by atoms with Crippen LogP contribution in [0.4, 0.5) is 5.69 Å². The Morgan fingerprint density at radius 3 is 2.53 bits per heavy atom. The van der Waals surface area contributed by atoms with Crippen LogP contribution in [0.1, 0.15) is 23.0 Å². The highest BCUT2D eigenvalue weighted by Crippen LogP contribution is 2.31. The Kier molecular flexibility index (Phi) is 6.17. The molecular formula is C26H26N4O3S. The zero-order chi connectivity index (χ0) is 23.7. The minimum Gasteiger partial charge on any atom is -0.459 e. The average molecular weight is 475 g/mol. The second kappa shape index (κ2) is 9.40. The number of aryl methyl sites for hydroxylation is 1. The summed E-state index contributed by atoms with van der Waals surface area (Å²) in [5.74, 6) is 0.183. The highest BCUT2D eigenvalue weighted by atomic mass is 32.1. The lowest BCUT2D eigenvalue weighted by Crippen LogP contribution is -2.54. The van der Waals surface area contributed by atoms with Crippen molar-refractivity contribution in [2.24, 2.45) is 0 Å². The van der Waals surface area contributed by atoms with Crippen LogP contribution in [0.2, 0.25) is 0 Å². The van der Waals surface area contributed by atoms with E-state index >= 15 is 0 Å². The minimum atomic E-state index is -0.298. The summed E-state index contributed by atoms with van der Waals surface area (Å²) in [7, 11) is 0. The zero-order valence-electron chi connectivity index (χ0n) is 19.2. The van der Waals surface area contributed by atoms with Gasteiger partial charge >= 0.3 is 0 Å². The SMILES string of the molecule is Cc1ccc2nc(-c3ccc(NC(=O)C(C)N4CCN(C(=O)c5ccco5)CC4)cc3)sc2c1. The number of carbonyl (C=O) groups is 2. The maximum Gasteiger partial charge on any atom is 0.289 e. The number of hydrogen-bond donors (Lipinski definition) is 1. The quantitative estimate of drug-likeness (QED) is 0.456. The lowest BCUT2D eigenvalue weighted by molar-refractivity contribution is -0.121. The number of amides is 2. The van der Waals surface area contributed by atoms with E-state index < -0.39 is 0 Å². The molecule has 2 amide bonds. The molecule has 0 spiro atoms. The predicted molar refractivity (Wildman–Crippen MR) is 134 cm³/mol. The highest BCUT2D eigenvalue weighted by Gasteiger charge is 2.28. The Bertz CT molecular complexity index is 1310. The van der Waals surface area contributed by atoms with Crippen LogP contribution in [-0.2, 0) is 4.79 Å². The molecular weight excluding hydrogens is 448 g/mol. The van der Waals surface area contributed by atoms with Crippen LogP contribution in [0.5, 0.6) is 0 Å². The predicted octanol–water partition coefficient (Wildman–Crippen LogP) is 4.65. The van der Waals surface area contributed by atoms with Gasteiger partial charge in [0.15, 0.2) is 5.76 Å². The second-order valence-corrected chi connectivity index (χ2v) is 9.57. The number of thiazole rings is 1. The van der Waals surface area contributed by atoms with Crippen molar-refractivity contribution in [3.05, 3.63) is 72.2 Å². The summed E-state index contributed by atoms with van der Waals surface area (Å²) in [6.07, 6.45) is 1.50. The van der Waals surface area contributed by atoms with Crippen molar-refractivity contribution < 1.29 is 14.0 Å². The first kappa shape index (κ1) is 22.3. The third-order valence-corrected chi connectivity index (χ3v) is 7.27. The van der Waals surface area contributed by atoms with Gasteiger partial charge in [-0.15, -0.1) is 11.3 Å². The van der Waals surface area contributed by atoms with E-state index in [-0.39, 0.29) is 17.9 Å². The van der Waals surface area contributed by atoms with Gasteiger partial charge in [0.25, 0.3) is 5.91 Å². The molecule has 1 atom stereocenters. The fraction of sp³-hybridized carbons (Fsp3) is 0.269. The van der Waals surface area contributed by atoms with Crippen LogP contribution < -0.4 is 5.32 Å². The summed E-state index contributed by atoms with van der Waals surface area (Å²) in [6.45, 7) is 6.38. The lowest BCUT2D eigenvalue weighted by atomic mass is 10.2. The summed E-state index contributed by atoms with van der Waals surface area (Å²) < 4.78 is 6.39. The van der Waals surface area contributed by atoms with E-state index in [9.17, 15) is 9.59 Å². The standard InChI is InChI=1S/C26H26N4O3S/c1-17-5-10-21-23(16-17)34-25(28-21)19-6-8-20(9-7-19)27-24(31)18(2)29-11-13-30(14-12-29)26(32)22-4-3-15-33-22/h3-10,15-16,18H,11-14H2,1-2H3,(H,27,31). The Morgan fingerprint density at radius 2 is 1.82 bits per heavy atom. The van der Waals surface area contributed by atoms with E-state index in [0.717, 1.165) is 21.8 Å². The smallest absolute Gasteiger partial charge is 0.289 e. The molecule has 1 unspecified atom stereocenters. The Hall–Kier alpha value is -3.49. The van der Waals surface area contributed by atoms with Crippen molar-refractivity contribution in [3.8, 4) is 10.6 Å². The number of hydrogen-bond acceptors (Lipinski definition) is 6. The van der Waals surface area contributed by atoms with E-state index in [1.54, 1.807) is 28.4 Å². The molecule has 3 heterocycles. The molecule has 1 saturated heterocycles. The molecule has 7 nitrogen and oxygen atoms in total. The molecule has 2 aromatic heterocycles. The Morgan fingerprint density at radius 1 is 1.06 bits per heavy atom. The van der Waals surface area contributed by atoms with Crippen molar-refractivity contribution >= 4 is 39.1 Å². The number of fused-ring (bicyclic) bond motifs is 1. The number of carbonyl (C=O) groups excluding carboxylic acids is 2. The molecule has 8 heteroatoms. The summed E-state index contributed by atoms with van der Waals surface area (Å²) in [6, 6.07) is 17.2. The molecule has 174 valence electrons. The van der Waals surface area contributed by atoms with Crippen LogP contribution in [0.25, 0.3) is 20.8 Å². The summed E-state index contributed by atoms with van der Waals surface area (Å²) >= 11 is 1.67. The lowest BCUT2D eigenvalue weighted by Gasteiger charge is -2.37. The molecule has 0 bridgehead atoms. The summed E-state index contributed by atoms with van der Waals surface area (Å²) in [5, 5.41) is 3.98. The van der Waals surface area contributed by atoms with Gasteiger partial charge in [0, 0.05) is 37.4 Å². The van der Waals surface area contributed by atoms with E-state index in [4.69, 9.17) is 9.40 Å². The van der Waals surface area contributed by atoms with E-state index in [1.807, 2.05) is 37.3 Å². The van der Waals surface area contributed by atoms with Crippen molar-refractivity contribution in [2.75, 3.05) is 31.5 Å². The molecule has 0 saturated carbocycles. The first-order chi connectivity index (χ1) is 16.5. The number of aromatic nitrogens is 1. The van der Waals surface area contributed by atoms with E-state index in [1.165, 1.54) is 16.5 Å². The maximum atomic E-state index is 12.9. The van der Waals surface area contributed by atoms with Crippen molar-refractivity contribution in [3.63, 3.8) is 0 Å². The molecule has 5 rings (SSSR count). The van der Waals surface area contributed by atoms with Gasteiger partial charge in [-0.05, 0) is 67.9 Å². The number of furan rings is 1. The third kappa shape index (κ3) is 4.60. The maximum absolute atomic E-state index is 12.9. The average Bonchev–Trinajstić information content (AvgIpc) is 3.54. The van der Waals surface area contributed by atoms with E-state index in [0.29, 0.717) is 31.9 Å². The van der Waals surface area contributed by atoms with Gasteiger partial charge in [-0.2, -0.15) is 0 Å². The van der Waals surface area contributed by atoms with Gasteiger partial charge in [-0.3, -0.25) is 14.5 Å². The molecule has 1 aliphatic rings. The normalized spacial score (nSPS) is 15.4. The fourth-order valence-electron chi connectivity index (χ4n) is 4.13. The summed E-state index contributed by atoms with van der Waals surface area (Å²) in [4.78, 5) is 33.9. The topological polar surface area (TPSA) is 78.7 Å². The number of nitrogens with zero attached hydrogens (tertiary/aromatic N) is 3. The largest absolute Gasteiger partial charge is 0.459 e. The van der Waals surface area contributed by atoms with Gasteiger partial charge in [0.2, 0.25) is 5.91 Å². The second-order valence-electron chi connectivity index (χ2n) is 8.54. The minimum absolute atomic E-state index is 0.0611. The van der Waals surface area contributed by atoms with Crippen molar-refractivity contribution in [1.82, 2.24) is 14.8 Å². The first-order valence-electron chi connectivity index (χ1n) is 11.3. The van der Waals surface area contributed by atoms with Gasteiger partial charge in [-0.1, -0.05) is 6.07 Å². The number of piperazine rings is 1. The number of rotatable bonds is 5. The van der Waals surface area contributed by atoms with Crippen LogP contribution in [-0.4, -0.2) is 58.8 Å². The van der Waals surface area contributed by atoms with Gasteiger partial charge in [0.1, 0.15) is 5.01 Å². The fourth-order valence-corrected chi connectivity index (χ4v) is 5.20. The van der Waals surface area contributed by atoms with Gasteiger partial charge in [-0.25, -0.2) is 4.98 Å². The molecule has 1 aliphatic heterocycles. The molecule has 1 N–H and O–H groups in total. The van der Waals surface area contributed by atoms with Crippen molar-refractivity contribution in [1.29, 1.82) is 0 Å². The molecule has 34 heavy (non-hydrogen) atoms. The molecule has 4 aromatic rings. The third-order valence-electron chi connectivity index (χ3n) is 6.20. The van der Waals surface area contributed by atoms with Gasteiger partial charge in [0.05, 0.1) is 22.5 Å². The van der Waals surface area contributed by atoms with Crippen LogP contribution >= 0.6 is 11.3 Å². The first-order valence-corrected chi connectivity index (χ1v) is 12.1. The number of anilines is 1. The monoisotopic (exact) mass is 474 g/mol. The molecule has 2 aromatic carbocycles. The van der Waals surface area contributed by atoms with Crippen LogP contribution in [0.15, 0.2) is 65.3 Å². The van der Waals surface area contributed by atoms with Crippen molar-refractivity contribution in [2.45, 2.75) is 19.9 Å². The molecule has 0 radical (unpaired) electrons. The number of benzene rings is 2. The van der Waals surface area contributed by atoms with Crippen LogP contribution in [0.3, 0.4) is 0 Å². The number of nitrogens with one attached hydrogen (secondary N) is 1. The Labute approximate surface area is 202 Å². The van der Waals surface area contributed by atoms with Gasteiger partial charge < -0.3 is 14.6 Å². The molecule has 1 fully saturated rings. The zero-order valence-corrected chi connectivity index (χ0v) is 20.0. The van der Waals surface area contributed by atoms with Crippen LogP contribution in [0, 0.1) is 6.92 Å². The highest BCUT2D eigenvalue weighted by molar-refractivity contribution is 7.21. The molecule has 0 aliphatic carbocycles.